The maximum absolute atomic E-state index is 11.1. The predicted molar refractivity (Wildman–Crippen MR) is 46.5 cm³/mol. The number of aliphatic carboxylic acids is 1. The van der Waals surface area contributed by atoms with Crippen LogP contribution < -0.4 is 5.32 Å². The van der Waals surface area contributed by atoms with Crippen molar-refractivity contribution in [3.05, 3.63) is 0 Å². The lowest BCUT2D eigenvalue weighted by Crippen LogP contribution is -2.63. The van der Waals surface area contributed by atoms with Gasteiger partial charge in [-0.1, -0.05) is 0 Å². The molecule has 0 amide bonds. The topological polar surface area (TPSA) is 58.6 Å². The molecule has 13 heavy (non-hydrogen) atoms. The van der Waals surface area contributed by atoms with Gasteiger partial charge in [-0.15, -0.1) is 0 Å². The minimum absolute atomic E-state index is 0.208. The summed E-state index contributed by atoms with van der Waals surface area (Å²) in [7, 11) is 0. The number of carboxylic acid groups (broad SMARTS) is 1. The molecule has 2 aliphatic rings. The number of hydrogen-bond acceptors (Lipinski definition) is 3. The van der Waals surface area contributed by atoms with Crippen LogP contribution >= 0.6 is 0 Å². The van der Waals surface area contributed by atoms with E-state index in [1.165, 1.54) is 0 Å². The number of carbonyl (C=O) groups is 1. The normalized spacial score (nSPS) is 32.2. The van der Waals surface area contributed by atoms with E-state index in [1.807, 2.05) is 0 Å². The Bertz CT molecular complexity index is 207. The molecule has 2 heterocycles. The fraction of sp³-hybridized carbons (Fsp3) is 0.889. The summed E-state index contributed by atoms with van der Waals surface area (Å²) in [6.45, 7) is 2.63. The second-order valence-electron chi connectivity index (χ2n) is 3.98. The SMILES string of the molecule is O=C(O)C1(C2CCCOC2)CNC1. The zero-order valence-corrected chi connectivity index (χ0v) is 7.58. The Morgan fingerprint density at radius 3 is 2.69 bits per heavy atom. The molecule has 0 aliphatic carbocycles. The van der Waals surface area contributed by atoms with E-state index in [4.69, 9.17) is 9.84 Å². The van der Waals surface area contributed by atoms with Gasteiger partial charge in [0.05, 0.1) is 12.0 Å². The lowest BCUT2D eigenvalue weighted by molar-refractivity contribution is -0.161. The number of hydrogen-bond donors (Lipinski definition) is 2. The Labute approximate surface area is 77.3 Å². The second kappa shape index (κ2) is 3.27. The molecule has 0 spiro atoms. The first kappa shape index (κ1) is 8.97. The third kappa shape index (κ3) is 1.34. The zero-order chi connectivity index (χ0) is 9.31. The fourth-order valence-electron chi connectivity index (χ4n) is 2.19. The van der Waals surface area contributed by atoms with Gasteiger partial charge in [0.15, 0.2) is 0 Å². The first-order chi connectivity index (χ1) is 6.26. The summed E-state index contributed by atoms with van der Waals surface area (Å²) in [5, 5.41) is 12.2. The van der Waals surface area contributed by atoms with Crippen molar-refractivity contribution in [3.63, 3.8) is 0 Å². The molecule has 0 aromatic rings. The van der Waals surface area contributed by atoms with Crippen molar-refractivity contribution in [3.8, 4) is 0 Å². The minimum Gasteiger partial charge on any atom is -0.481 e. The van der Waals surface area contributed by atoms with Gasteiger partial charge < -0.3 is 15.2 Å². The van der Waals surface area contributed by atoms with Crippen molar-refractivity contribution in [1.82, 2.24) is 5.32 Å². The highest BCUT2D eigenvalue weighted by atomic mass is 16.5. The summed E-state index contributed by atoms with van der Waals surface area (Å²) in [6, 6.07) is 0. The van der Waals surface area contributed by atoms with Crippen molar-refractivity contribution in [2.24, 2.45) is 11.3 Å². The van der Waals surface area contributed by atoms with Crippen LogP contribution in [0.4, 0.5) is 0 Å². The van der Waals surface area contributed by atoms with Crippen molar-refractivity contribution in [1.29, 1.82) is 0 Å². The Kier molecular flexibility index (Phi) is 2.26. The average molecular weight is 185 g/mol. The first-order valence-electron chi connectivity index (χ1n) is 4.77. The van der Waals surface area contributed by atoms with E-state index in [0.29, 0.717) is 19.7 Å². The third-order valence-corrected chi connectivity index (χ3v) is 3.25. The summed E-state index contributed by atoms with van der Waals surface area (Å²) >= 11 is 0. The van der Waals surface area contributed by atoms with Crippen LogP contribution in [0.25, 0.3) is 0 Å². The number of rotatable bonds is 2. The lowest BCUT2D eigenvalue weighted by Gasteiger charge is -2.45. The van der Waals surface area contributed by atoms with Gasteiger partial charge >= 0.3 is 5.97 Å². The van der Waals surface area contributed by atoms with E-state index in [9.17, 15) is 4.79 Å². The van der Waals surface area contributed by atoms with Crippen LogP contribution in [0, 0.1) is 11.3 Å². The molecule has 0 saturated carbocycles. The highest BCUT2D eigenvalue weighted by Crippen LogP contribution is 2.37. The van der Waals surface area contributed by atoms with Crippen LogP contribution in [0.2, 0.25) is 0 Å². The van der Waals surface area contributed by atoms with E-state index in [-0.39, 0.29) is 5.92 Å². The molecule has 0 bridgehead atoms. The molecule has 74 valence electrons. The fourth-order valence-corrected chi connectivity index (χ4v) is 2.19. The summed E-state index contributed by atoms with van der Waals surface area (Å²) in [5.74, 6) is -0.457. The summed E-state index contributed by atoms with van der Waals surface area (Å²) < 4.78 is 5.32. The molecular weight excluding hydrogens is 170 g/mol. The van der Waals surface area contributed by atoms with Gasteiger partial charge in [0.25, 0.3) is 0 Å². The molecule has 4 heteroatoms. The van der Waals surface area contributed by atoms with Crippen LogP contribution in [0.15, 0.2) is 0 Å². The molecule has 0 radical (unpaired) electrons. The highest BCUT2D eigenvalue weighted by molar-refractivity contribution is 5.77. The molecule has 2 saturated heterocycles. The van der Waals surface area contributed by atoms with Gasteiger partial charge in [0.1, 0.15) is 0 Å². The van der Waals surface area contributed by atoms with Crippen LogP contribution in [0.3, 0.4) is 0 Å². The molecule has 2 rings (SSSR count). The molecule has 4 nitrogen and oxygen atoms in total. The highest BCUT2D eigenvalue weighted by Gasteiger charge is 2.51. The molecule has 2 fully saturated rings. The zero-order valence-electron chi connectivity index (χ0n) is 7.58. The smallest absolute Gasteiger partial charge is 0.312 e. The van der Waals surface area contributed by atoms with Crippen LogP contribution in [-0.2, 0) is 9.53 Å². The summed E-state index contributed by atoms with van der Waals surface area (Å²) in [6.07, 6.45) is 1.99. The van der Waals surface area contributed by atoms with Crippen molar-refractivity contribution >= 4 is 5.97 Å². The molecule has 0 aromatic heterocycles. The van der Waals surface area contributed by atoms with Crippen LogP contribution in [-0.4, -0.2) is 37.4 Å². The van der Waals surface area contributed by atoms with E-state index in [0.717, 1.165) is 19.4 Å². The number of ether oxygens (including phenoxy) is 1. The van der Waals surface area contributed by atoms with Gasteiger partial charge in [-0.3, -0.25) is 4.79 Å². The van der Waals surface area contributed by atoms with Gasteiger partial charge in [-0.2, -0.15) is 0 Å². The molecular formula is C9H15NO3. The van der Waals surface area contributed by atoms with Gasteiger partial charge in [0.2, 0.25) is 0 Å². The Hall–Kier alpha value is -0.610. The quantitative estimate of drug-likeness (QED) is 0.640. The van der Waals surface area contributed by atoms with E-state index in [1.54, 1.807) is 0 Å². The van der Waals surface area contributed by atoms with Crippen molar-refractivity contribution < 1.29 is 14.6 Å². The van der Waals surface area contributed by atoms with E-state index >= 15 is 0 Å². The minimum atomic E-state index is -0.665. The van der Waals surface area contributed by atoms with Crippen LogP contribution in [0.5, 0.6) is 0 Å². The number of carboxylic acids is 1. The number of nitrogens with one attached hydrogen (secondary N) is 1. The summed E-state index contributed by atoms with van der Waals surface area (Å²) in [5.41, 5.74) is -0.527. The summed E-state index contributed by atoms with van der Waals surface area (Å²) in [4.78, 5) is 11.1. The molecule has 2 N–H and O–H groups in total. The van der Waals surface area contributed by atoms with Gasteiger partial charge in [-0.05, 0) is 12.8 Å². The molecule has 1 unspecified atom stereocenters. The largest absolute Gasteiger partial charge is 0.481 e. The maximum Gasteiger partial charge on any atom is 0.312 e. The third-order valence-electron chi connectivity index (χ3n) is 3.25. The Morgan fingerprint density at radius 2 is 2.31 bits per heavy atom. The molecule has 0 aromatic carbocycles. The molecule has 2 aliphatic heterocycles. The molecule has 1 atom stereocenters. The van der Waals surface area contributed by atoms with Gasteiger partial charge in [0, 0.05) is 25.6 Å². The van der Waals surface area contributed by atoms with Crippen molar-refractivity contribution in [2.45, 2.75) is 12.8 Å². The Balaban J connectivity index is 2.06. The maximum atomic E-state index is 11.1. The van der Waals surface area contributed by atoms with Crippen molar-refractivity contribution in [2.75, 3.05) is 26.3 Å². The van der Waals surface area contributed by atoms with E-state index < -0.39 is 11.4 Å². The first-order valence-corrected chi connectivity index (χ1v) is 4.77. The second-order valence-corrected chi connectivity index (χ2v) is 3.98. The lowest BCUT2D eigenvalue weighted by atomic mass is 9.68. The average Bonchev–Trinajstić information content (AvgIpc) is 2.03. The van der Waals surface area contributed by atoms with E-state index in [2.05, 4.69) is 5.32 Å². The van der Waals surface area contributed by atoms with Gasteiger partial charge in [-0.25, -0.2) is 0 Å². The predicted octanol–water partition coefficient (Wildman–Crippen LogP) is 0.0872. The standard InChI is InChI=1S/C9H15NO3/c11-8(12)9(5-10-6-9)7-2-1-3-13-4-7/h7,10H,1-6H2,(H,11,12). The monoisotopic (exact) mass is 185 g/mol. The Morgan fingerprint density at radius 1 is 1.54 bits per heavy atom. The van der Waals surface area contributed by atoms with Crippen LogP contribution in [0.1, 0.15) is 12.8 Å².